The van der Waals surface area contributed by atoms with Crippen molar-refractivity contribution in [3.05, 3.63) is 24.1 Å². The Bertz CT molecular complexity index is 648. The number of aromatic nitrogens is 1. The molecule has 0 aliphatic rings. The highest BCUT2D eigenvalue weighted by Gasteiger charge is 2.11. The number of ether oxygens (including phenoxy) is 1. The van der Waals surface area contributed by atoms with Crippen LogP contribution in [0.25, 0.3) is 11.1 Å². The molecule has 0 saturated carbocycles. The number of rotatable bonds is 5. The van der Waals surface area contributed by atoms with Crippen LogP contribution in [-0.4, -0.2) is 32.9 Å². The van der Waals surface area contributed by atoms with Crippen LogP contribution in [0.3, 0.4) is 0 Å². The molecule has 0 aliphatic carbocycles. The van der Waals surface area contributed by atoms with Crippen LogP contribution in [0.15, 0.2) is 22.6 Å². The Labute approximate surface area is 105 Å². The summed E-state index contributed by atoms with van der Waals surface area (Å²) in [4.78, 5) is 4.14. The fraction of sp³-hybridized carbons (Fsp3) is 0.364. The van der Waals surface area contributed by atoms with Gasteiger partial charge in [0.25, 0.3) is 0 Å². The number of oxazole rings is 1. The Morgan fingerprint density at radius 3 is 2.94 bits per heavy atom. The molecule has 1 heterocycles. The van der Waals surface area contributed by atoms with E-state index in [0.29, 0.717) is 22.7 Å². The number of nitrogens with one attached hydrogen (secondary N) is 1. The molecule has 18 heavy (non-hydrogen) atoms. The minimum absolute atomic E-state index is 0.0839. The van der Waals surface area contributed by atoms with Gasteiger partial charge < -0.3 is 9.15 Å². The van der Waals surface area contributed by atoms with E-state index in [1.54, 1.807) is 25.1 Å². The van der Waals surface area contributed by atoms with Gasteiger partial charge in [-0.1, -0.05) is 0 Å². The lowest BCUT2D eigenvalue weighted by molar-refractivity contribution is 0.217. The summed E-state index contributed by atoms with van der Waals surface area (Å²) in [7, 11) is -1.93. The Balaban J connectivity index is 2.21. The standard InChI is InChI=1S/C11H14N2O4S/c1-8-12-10-7-9(3-4-11(10)17-8)13-18(14,15)6-5-16-2/h3-4,7,13H,5-6H2,1-2H3. The van der Waals surface area contributed by atoms with Gasteiger partial charge in [-0.15, -0.1) is 0 Å². The molecule has 0 amide bonds. The highest BCUT2D eigenvalue weighted by Crippen LogP contribution is 2.20. The molecular weight excluding hydrogens is 256 g/mol. The summed E-state index contributed by atoms with van der Waals surface area (Å²) < 4.78 is 35.8. The fourth-order valence-electron chi connectivity index (χ4n) is 1.53. The Hall–Kier alpha value is -1.60. The Morgan fingerprint density at radius 1 is 1.44 bits per heavy atom. The third-order valence-corrected chi connectivity index (χ3v) is 3.57. The number of hydrogen-bond acceptors (Lipinski definition) is 5. The number of sulfonamides is 1. The van der Waals surface area contributed by atoms with E-state index in [-0.39, 0.29) is 12.4 Å². The normalized spacial score (nSPS) is 11.9. The molecule has 0 bridgehead atoms. The zero-order valence-electron chi connectivity index (χ0n) is 10.1. The molecular formula is C11H14N2O4S. The topological polar surface area (TPSA) is 81.4 Å². The van der Waals surface area contributed by atoms with E-state index in [4.69, 9.17) is 9.15 Å². The van der Waals surface area contributed by atoms with E-state index in [1.807, 2.05) is 0 Å². The van der Waals surface area contributed by atoms with Crippen molar-refractivity contribution in [3.8, 4) is 0 Å². The van der Waals surface area contributed by atoms with Gasteiger partial charge in [0.2, 0.25) is 10.0 Å². The first-order chi connectivity index (χ1) is 8.50. The molecule has 1 aromatic heterocycles. The van der Waals surface area contributed by atoms with Crippen LogP contribution >= 0.6 is 0 Å². The van der Waals surface area contributed by atoms with E-state index in [2.05, 4.69) is 9.71 Å². The zero-order valence-corrected chi connectivity index (χ0v) is 11.0. The minimum Gasteiger partial charge on any atom is -0.441 e. The molecule has 0 spiro atoms. The molecule has 0 aliphatic heterocycles. The fourth-order valence-corrected chi connectivity index (χ4v) is 2.50. The third kappa shape index (κ3) is 2.99. The lowest BCUT2D eigenvalue weighted by Crippen LogP contribution is -2.19. The highest BCUT2D eigenvalue weighted by molar-refractivity contribution is 7.92. The predicted octanol–water partition coefficient (Wildman–Crippen LogP) is 1.52. The average Bonchev–Trinajstić information content (AvgIpc) is 2.65. The van der Waals surface area contributed by atoms with Gasteiger partial charge in [0.15, 0.2) is 11.5 Å². The number of methoxy groups -OCH3 is 1. The maximum atomic E-state index is 11.7. The monoisotopic (exact) mass is 270 g/mol. The summed E-state index contributed by atoms with van der Waals surface area (Å²) in [6.45, 7) is 1.89. The van der Waals surface area contributed by atoms with Crippen LogP contribution in [0.2, 0.25) is 0 Å². The number of benzene rings is 1. The van der Waals surface area contributed by atoms with Crippen LogP contribution in [0.5, 0.6) is 0 Å². The summed E-state index contributed by atoms with van der Waals surface area (Å²) in [6.07, 6.45) is 0. The van der Waals surface area contributed by atoms with Gasteiger partial charge in [-0.25, -0.2) is 13.4 Å². The SMILES string of the molecule is COCCS(=O)(=O)Nc1ccc2oc(C)nc2c1. The second kappa shape index (κ2) is 4.95. The molecule has 0 atom stereocenters. The van der Waals surface area contributed by atoms with Crippen LogP contribution in [0, 0.1) is 6.92 Å². The highest BCUT2D eigenvalue weighted by atomic mass is 32.2. The van der Waals surface area contributed by atoms with Crippen LogP contribution in [0.4, 0.5) is 5.69 Å². The van der Waals surface area contributed by atoms with Crippen molar-refractivity contribution in [2.75, 3.05) is 24.2 Å². The van der Waals surface area contributed by atoms with Crippen molar-refractivity contribution < 1.29 is 17.6 Å². The average molecular weight is 270 g/mol. The van der Waals surface area contributed by atoms with Gasteiger partial charge in [-0.05, 0) is 18.2 Å². The maximum absolute atomic E-state index is 11.7. The maximum Gasteiger partial charge on any atom is 0.235 e. The predicted molar refractivity (Wildman–Crippen MR) is 68.0 cm³/mol. The molecule has 6 nitrogen and oxygen atoms in total. The van der Waals surface area contributed by atoms with E-state index in [1.165, 1.54) is 7.11 Å². The first-order valence-electron chi connectivity index (χ1n) is 5.37. The smallest absolute Gasteiger partial charge is 0.235 e. The van der Waals surface area contributed by atoms with E-state index in [0.717, 1.165) is 0 Å². The zero-order chi connectivity index (χ0) is 13.2. The lowest BCUT2D eigenvalue weighted by atomic mass is 10.3. The lowest BCUT2D eigenvalue weighted by Gasteiger charge is -2.06. The number of aryl methyl sites for hydroxylation is 1. The van der Waals surface area contributed by atoms with Gasteiger partial charge >= 0.3 is 0 Å². The van der Waals surface area contributed by atoms with Crippen LogP contribution in [-0.2, 0) is 14.8 Å². The second-order valence-electron chi connectivity index (χ2n) is 3.83. The minimum atomic E-state index is -3.39. The first-order valence-corrected chi connectivity index (χ1v) is 7.02. The molecule has 98 valence electrons. The van der Waals surface area contributed by atoms with E-state index in [9.17, 15) is 8.42 Å². The quantitative estimate of drug-likeness (QED) is 0.891. The summed E-state index contributed by atoms with van der Waals surface area (Å²) in [5.74, 6) is 0.462. The number of anilines is 1. The molecule has 2 rings (SSSR count). The molecule has 0 fully saturated rings. The van der Waals surface area contributed by atoms with Crippen molar-refractivity contribution in [1.82, 2.24) is 4.98 Å². The molecule has 0 radical (unpaired) electrons. The molecule has 7 heteroatoms. The largest absolute Gasteiger partial charge is 0.441 e. The van der Waals surface area contributed by atoms with Crippen LogP contribution < -0.4 is 4.72 Å². The summed E-state index contributed by atoms with van der Waals surface area (Å²) in [6, 6.07) is 4.96. The Morgan fingerprint density at radius 2 is 2.22 bits per heavy atom. The van der Waals surface area contributed by atoms with Crippen molar-refractivity contribution in [2.45, 2.75) is 6.92 Å². The molecule has 2 aromatic rings. The summed E-state index contributed by atoms with van der Waals surface area (Å²) >= 11 is 0. The first kappa shape index (κ1) is 12.8. The van der Waals surface area contributed by atoms with E-state index >= 15 is 0 Å². The molecule has 1 N–H and O–H groups in total. The third-order valence-electron chi connectivity index (χ3n) is 2.32. The second-order valence-corrected chi connectivity index (χ2v) is 5.67. The van der Waals surface area contributed by atoms with Crippen molar-refractivity contribution in [3.63, 3.8) is 0 Å². The number of fused-ring (bicyclic) bond motifs is 1. The molecule has 0 saturated heterocycles. The van der Waals surface area contributed by atoms with Gasteiger partial charge in [0.1, 0.15) is 5.52 Å². The van der Waals surface area contributed by atoms with Gasteiger partial charge in [-0.2, -0.15) is 0 Å². The van der Waals surface area contributed by atoms with Crippen molar-refractivity contribution in [1.29, 1.82) is 0 Å². The summed E-state index contributed by atoms with van der Waals surface area (Å²) in [5, 5.41) is 0. The van der Waals surface area contributed by atoms with Gasteiger partial charge in [0.05, 0.1) is 18.0 Å². The molecule has 1 aromatic carbocycles. The summed E-state index contributed by atoms with van der Waals surface area (Å²) in [5.41, 5.74) is 1.72. The van der Waals surface area contributed by atoms with Gasteiger partial charge in [-0.3, -0.25) is 4.72 Å². The van der Waals surface area contributed by atoms with E-state index < -0.39 is 10.0 Å². The molecule has 0 unspecified atom stereocenters. The number of hydrogen-bond donors (Lipinski definition) is 1. The van der Waals surface area contributed by atoms with Gasteiger partial charge in [0, 0.05) is 14.0 Å². The Kier molecular flexibility index (Phi) is 3.53. The van der Waals surface area contributed by atoms with Crippen molar-refractivity contribution >= 4 is 26.8 Å². The van der Waals surface area contributed by atoms with Crippen molar-refractivity contribution in [2.24, 2.45) is 0 Å². The van der Waals surface area contributed by atoms with Crippen LogP contribution in [0.1, 0.15) is 5.89 Å². The number of nitrogens with zero attached hydrogens (tertiary/aromatic N) is 1.